The molecule has 2 rings (SSSR count). The third kappa shape index (κ3) is 2.87. The topological polar surface area (TPSA) is 29.5 Å². The van der Waals surface area contributed by atoms with E-state index in [2.05, 4.69) is 15.9 Å². The van der Waals surface area contributed by atoms with E-state index in [0.29, 0.717) is 19.7 Å². The summed E-state index contributed by atoms with van der Waals surface area (Å²) >= 11 is 3.41. The standard InChI is InChI=1S/C13H16BrNO2/c1-9-7-11(14)3-4-12(9)13(16)15-5-6-17-10(2)8-15/h3-4,7,10H,5-6,8H2,1-2H3/t10-/m0/s1. The average molecular weight is 298 g/mol. The molecule has 3 nitrogen and oxygen atoms in total. The molecule has 4 heteroatoms. The van der Waals surface area contributed by atoms with Crippen LogP contribution in [0.2, 0.25) is 0 Å². The highest BCUT2D eigenvalue weighted by molar-refractivity contribution is 9.10. The Morgan fingerprint density at radius 3 is 2.94 bits per heavy atom. The zero-order valence-electron chi connectivity index (χ0n) is 10.1. The molecule has 92 valence electrons. The van der Waals surface area contributed by atoms with Gasteiger partial charge in [0.25, 0.3) is 5.91 Å². The Balaban J connectivity index is 2.18. The van der Waals surface area contributed by atoms with E-state index in [1.165, 1.54) is 0 Å². The highest BCUT2D eigenvalue weighted by Crippen LogP contribution is 2.18. The van der Waals surface area contributed by atoms with Crippen LogP contribution in [0.15, 0.2) is 22.7 Å². The molecule has 0 N–H and O–H groups in total. The number of amides is 1. The zero-order chi connectivity index (χ0) is 12.4. The predicted octanol–water partition coefficient (Wildman–Crippen LogP) is 2.62. The van der Waals surface area contributed by atoms with E-state index in [9.17, 15) is 4.79 Å². The highest BCUT2D eigenvalue weighted by Gasteiger charge is 2.23. The lowest BCUT2D eigenvalue weighted by atomic mass is 10.1. The molecule has 1 aromatic carbocycles. The van der Waals surface area contributed by atoms with Crippen molar-refractivity contribution in [1.82, 2.24) is 4.90 Å². The number of carbonyl (C=O) groups excluding carboxylic acids is 1. The molecule has 0 bridgehead atoms. The van der Waals surface area contributed by atoms with E-state index < -0.39 is 0 Å². The van der Waals surface area contributed by atoms with Crippen molar-refractivity contribution >= 4 is 21.8 Å². The SMILES string of the molecule is Cc1cc(Br)ccc1C(=O)N1CCO[C@@H](C)C1. The van der Waals surface area contributed by atoms with E-state index in [1.54, 1.807) is 0 Å². The predicted molar refractivity (Wildman–Crippen MR) is 70.2 cm³/mol. The molecule has 0 aromatic heterocycles. The fourth-order valence-electron chi connectivity index (χ4n) is 2.04. The first-order valence-corrected chi connectivity index (χ1v) is 6.54. The van der Waals surface area contributed by atoms with Gasteiger partial charge in [0.1, 0.15) is 0 Å². The Hall–Kier alpha value is -0.870. The smallest absolute Gasteiger partial charge is 0.254 e. The van der Waals surface area contributed by atoms with Gasteiger partial charge in [-0.05, 0) is 37.6 Å². The molecule has 17 heavy (non-hydrogen) atoms. The first-order chi connectivity index (χ1) is 8.08. The maximum atomic E-state index is 12.3. The zero-order valence-corrected chi connectivity index (χ0v) is 11.7. The Morgan fingerprint density at radius 2 is 2.29 bits per heavy atom. The van der Waals surface area contributed by atoms with Crippen LogP contribution in [0.1, 0.15) is 22.8 Å². The number of halogens is 1. The van der Waals surface area contributed by atoms with Gasteiger partial charge in [0.15, 0.2) is 0 Å². The molecule has 1 aliphatic heterocycles. The normalized spacial score (nSPS) is 20.4. The lowest BCUT2D eigenvalue weighted by Gasteiger charge is -2.31. The van der Waals surface area contributed by atoms with Gasteiger partial charge in [0, 0.05) is 23.1 Å². The monoisotopic (exact) mass is 297 g/mol. The summed E-state index contributed by atoms with van der Waals surface area (Å²) in [4.78, 5) is 14.2. The van der Waals surface area contributed by atoms with Gasteiger partial charge < -0.3 is 9.64 Å². The van der Waals surface area contributed by atoms with Crippen LogP contribution in [0.4, 0.5) is 0 Å². The van der Waals surface area contributed by atoms with Crippen LogP contribution in [0.3, 0.4) is 0 Å². The van der Waals surface area contributed by atoms with E-state index in [4.69, 9.17) is 4.74 Å². The van der Waals surface area contributed by atoms with Gasteiger partial charge in [-0.15, -0.1) is 0 Å². The van der Waals surface area contributed by atoms with Crippen molar-refractivity contribution < 1.29 is 9.53 Å². The molecule has 0 spiro atoms. The third-order valence-electron chi connectivity index (χ3n) is 2.95. The summed E-state index contributed by atoms with van der Waals surface area (Å²) in [6, 6.07) is 5.75. The first kappa shape index (κ1) is 12.6. The second-order valence-electron chi connectivity index (χ2n) is 4.39. The molecule has 1 amide bonds. The van der Waals surface area contributed by atoms with Gasteiger partial charge in [-0.1, -0.05) is 15.9 Å². The number of nitrogens with zero attached hydrogens (tertiary/aromatic N) is 1. The quantitative estimate of drug-likeness (QED) is 0.797. The number of ether oxygens (including phenoxy) is 1. The molecule has 0 saturated carbocycles. The molecule has 1 atom stereocenters. The van der Waals surface area contributed by atoms with Crippen LogP contribution in [-0.4, -0.2) is 36.6 Å². The second-order valence-corrected chi connectivity index (χ2v) is 5.31. The summed E-state index contributed by atoms with van der Waals surface area (Å²) in [5.41, 5.74) is 1.78. The summed E-state index contributed by atoms with van der Waals surface area (Å²) in [7, 11) is 0. The van der Waals surface area contributed by atoms with Crippen molar-refractivity contribution in [2.24, 2.45) is 0 Å². The van der Waals surface area contributed by atoms with E-state index in [0.717, 1.165) is 15.6 Å². The maximum Gasteiger partial charge on any atom is 0.254 e. The number of aryl methyl sites for hydroxylation is 1. The fraction of sp³-hybridized carbons (Fsp3) is 0.462. The lowest BCUT2D eigenvalue weighted by Crippen LogP contribution is -2.44. The van der Waals surface area contributed by atoms with Crippen molar-refractivity contribution in [2.75, 3.05) is 19.7 Å². The lowest BCUT2D eigenvalue weighted by molar-refractivity contribution is -0.0124. The summed E-state index contributed by atoms with van der Waals surface area (Å²) in [5.74, 6) is 0.102. The molecular weight excluding hydrogens is 282 g/mol. The first-order valence-electron chi connectivity index (χ1n) is 5.75. The van der Waals surface area contributed by atoms with Gasteiger partial charge >= 0.3 is 0 Å². The molecule has 0 unspecified atom stereocenters. The Bertz CT molecular complexity index is 433. The van der Waals surface area contributed by atoms with Gasteiger partial charge in [-0.25, -0.2) is 0 Å². The molecule has 1 saturated heterocycles. The third-order valence-corrected chi connectivity index (χ3v) is 3.44. The van der Waals surface area contributed by atoms with Gasteiger partial charge in [-0.2, -0.15) is 0 Å². The fourth-order valence-corrected chi connectivity index (χ4v) is 2.52. The Labute approximate surface area is 110 Å². The van der Waals surface area contributed by atoms with Crippen molar-refractivity contribution in [3.8, 4) is 0 Å². The van der Waals surface area contributed by atoms with Gasteiger partial charge in [-0.3, -0.25) is 4.79 Å². The van der Waals surface area contributed by atoms with Crippen LogP contribution in [0.5, 0.6) is 0 Å². The average Bonchev–Trinajstić information content (AvgIpc) is 2.28. The number of hydrogen-bond donors (Lipinski definition) is 0. The Kier molecular flexibility index (Phi) is 3.84. The summed E-state index contributed by atoms with van der Waals surface area (Å²) in [6.45, 7) is 5.94. The largest absolute Gasteiger partial charge is 0.375 e. The summed E-state index contributed by atoms with van der Waals surface area (Å²) < 4.78 is 6.44. The molecule has 1 aromatic rings. The van der Waals surface area contributed by atoms with Gasteiger partial charge in [0.05, 0.1) is 12.7 Å². The number of hydrogen-bond acceptors (Lipinski definition) is 2. The summed E-state index contributed by atoms with van der Waals surface area (Å²) in [6.07, 6.45) is 0.128. The number of carbonyl (C=O) groups is 1. The maximum absolute atomic E-state index is 12.3. The van der Waals surface area contributed by atoms with Crippen LogP contribution in [-0.2, 0) is 4.74 Å². The minimum Gasteiger partial charge on any atom is -0.375 e. The molecule has 1 fully saturated rings. The molecule has 0 aliphatic carbocycles. The molecule has 1 aliphatic rings. The minimum absolute atomic E-state index is 0.102. The van der Waals surface area contributed by atoms with Crippen LogP contribution in [0, 0.1) is 6.92 Å². The highest BCUT2D eigenvalue weighted by atomic mass is 79.9. The Morgan fingerprint density at radius 1 is 1.53 bits per heavy atom. The number of benzene rings is 1. The number of morpholine rings is 1. The van der Waals surface area contributed by atoms with Crippen LogP contribution >= 0.6 is 15.9 Å². The van der Waals surface area contributed by atoms with Crippen molar-refractivity contribution in [2.45, 2.75) is 20.0 Å². The van der Waals surface area contributed by atoms with Gasteiger partial charge in [0.2, 0.25) is 0 Å². The second kappa shape index (κ2) is 5.19. The van der Waals surface area contributed by atoms with E-state index >= 15 is 0 Å². The van der Waals surface area contributed by atoms with E-state index in [-0.39, 0.29) is 12.0 Å². The molecule has 1 heterocycles. The molecular formula is C13H16BrNO2. The van der Waals surface area contributed by atoms with E-state index in [1.807, 2.05) is 36.9 Å². The van der Waals surface area contributed by atoms with Crippen LogP contribution < -0.4 is 0 Å². The van der Waals surface area contributed by atoms with Crippen molar-refractivity contribution in [3.05, 3.63) is 33.8 Å². The summed E-state index contributed by atoms with van der Waals surface area (Å²) in [5, 5.41) is 0. The van der Waals surface area contributed by atoms with Crippen molar-refractivity contribution in [1.29, 1.82) is 0 Å². The van der Waals surface area contributed by atoms with Crippen molar-refractivity contribution in [3.63, 3.8) is 0 Å². The number of rotatable bonds is 1. The molecule has 0 radical (unpaired) electrons. The minimum atomic E-state index is 0.102. The van der Waals surface area contributed by atoms with Crippen LogP contribution in [0.25, 0.3) is 0 Å².